The average Bonchev–Trinajstić information content (AvgIpc) is 3.03. The number of ketones is 1. The fourth-order valence-corrected chi connectivity index (χ4v) is 4.20. The van der Waals surface area contributed by atoms with Gasteiger partial charge in [0.15, 0.2) is 19.6 Å². The Bertz CT molecular complexity index is 733. The third kappa shape index (κ3) is 3.00. The summed E-state index contributed by atoms with van der Waals surface area (Å²) in [7, 11) is -2.12. The summed E-state index contributed by atoms with van der Waals surface area (Å²) in [5.41, 5.74) is 0.155. The van der Waals surface area contributed by atoms with Crippen LogP contribution in [0.5, 0.6) is 0 Å². The highest BCUT2D eigenvalue weighted by Crippen LogP contribution is 2.43. The zero-order valence-electron chi connectivity index (χ0n) is 15.9. The van der Waals surface area contributed by atoms with Crippen LogP contribution in [0.4, 0.5) is 0 Å². The number of hydrogen-bond donors (Lipinski definition) is 0. The zero-order chi connectivity index (χ0) is 18.5. The van der Waals surface area contributed by atoms with Crippen molar-refractivity contribution in [2.45, 2.75) is 63.6 Å². The van der Waals surface area contributed by atoms with Gasteiger partial charge >= 0.3 is 0 Å². The van der Waals surface area contributed by atoms with Gasteiger partial charge in [-0.1, -0.05) is 39.0 Å². The predicted molar refractivity (Wildman–Crippen MR) is 102 cm³/mol. The van der Waals surface area contributed by atoms with Crippen LogP contribution in [-0.4, -0.2) is 37.7 Å². The molecule has 25 heavy (non-hydrogen) atoms. The van der Waals surface area contributed by atoms with E-state index in [0.29, 0.717) is 5.90 Å². The Hall–Kier alpha value is -1.72. The molecule has 1 aromatic rings. The minimum atomic E-state index is -2.12. The van der Waals surface area contributed by atoms with E-state index in [0.717, 1.165) is 5.56 Å². The van der Waals surface area contributed by atoms with Crippen molar-refractivity contribution in [3.8, 4) is 0 Å². The van der Waals surface area contributed by atoms with E-state index in [1.165, 1.54) is 0 Å². The Kier molecular flexibility index (Phi) is 4.28. The van der Waals surface area contributed by atoms with Gasteiger partial charge in [0.1, 0.15) is 12.2 Å². The van der Waals surface area contributed by atoms with Crippen LogP contribution in [0.25, 0.3) is 0 Å². The molecule has 1 spiro atoms. The molecule has 0 unspecified atom stereocenters. The Labute approximate surface area is 151 Å². The van der Waals surface area contributed by atoms with Gasteiger partial charge in [0.05, 0.1) is 0 Å². The lowest BCUT2D eigenvalue weighted by molar-refractivity contribution is -0.123. The number of ether oxygens (including phenoxy) is 1. The molecule has 0 N–H and O–H groups in total. The monoisotopic (exact) mass is 357 g/mol. The molecular formula is C20H27NO3Si. The second-order valence-electron chi connectivity index (χ2n) is 8.42. The molecule has 0 fully saturated rings. The summed E-state index contributed by atoms with van der Waals surface area (Å²) in [6.45, 7) is 12.8. The maximum Gasteiger partial charge on any atom is 0.217 e. The van der Waals surface area contributed by atoms with E-state index < -0.39 is 20.0 Å². The molecule has 1 aliphatic carbocycles. The topological polar surface area (TPSA) is 47.9 Å². The normalized spacial score (nSPS) is 29.2. The molecule has 4 nitrogen and oxygen atoms in total. The molecule has 1 aromatic carbocycles. The molecule has 5 heteroatoms. The van der Waals surface area contributed by atoms with E-state index in [1.54, 1.807) is 6.08 Å². The number of benzene rings is 1. The SMILES string of the molecule is C[C@@H]1OC(c2ccccc2)=N[C@]12C=CC(=O)[C@@H]2O[Si](C)(C)C(C)(C)C. The summed E-state index contributed by atoms with van der Waals surface area (Å²) in [6, 6.07) is 9.80. The van der Waals surface area contributed by atoms with Crippen LogP contribution in [0.3, 0.4) is 0 Å². The first-order valence-corrected chi connectivity index (χ1v) is 11.7. The maximum atomic E-state index is 12.6. The minimum absolute atomic E-state index is 0.0154. The van der Waals surface area contributed by atoms with Crippen LogP contribution in [0, 0.1) is 0 Å². The number of hydrogen-bond acceptors (Lipinski definition) is 4. The van der Waals surface area contributed by atoms with Crippen LogP contribution in [0.2, 0.25) is 18.1 Å². The number of aliphatic imine (C=N–C) groups is 1. The van der Waals surface area contributed by atoms with Crippen LogP contribution in [0.15, 0.2) is 47.5 Å². The molecule has 0 radical (unpaired) electrons. The van der Waals surface area contributed by atoms with Gasteiger partial charge in [-0.05, 0) is 49.3 Å². The molecule has 0 saturated heterocycles. The smallest absolute Gasteiger partial charge is 0.217 e. The number of carbonyl (C=O) groups excluding carboxylic acids is 1. The summed E-state index contributed by atoms with van der Waals surface area (Å²) < 4.78 is 12.6. The molecular weight excluding hydrogens is 330 g/mol. The second-order valence-corrected chi connectivity index (χ2v) is 13.2. The average molecular weight is 358 g/mol. The van der Waals surface area contributed by atoms with Crippen molar-refractivity contribution < 1.29 is 14.0 Å². The fraction of sp³-hybridized carbons (Fsp3) is 0.500. The second kappa shape index (κ2) is 5.92. The molecule has 3 atom stereocenters. The predicted octanol–water partition coefficient (Wildman–Crippen LogP) is 4.12. The van der Waals surface area contributed by atoms with Crippen molar-refractivity contribution in [2.24, 2.45) is 4.99 Å². The number of nitrogens with zero attached hydrogens (tertiary/aromatic N) is 1. The van der Waals surface area contributed by atoms with Crippen molar-refractivity contribution in [1.82, 2.24) is 0 Å². The summed E-state index contributed by atoms with van der Waals surface area (Å²) in [5.74, 6) is 0.564. The van der Waals surface area contributed by atoms with E-state index in [9.17, 15) is 4.79 Å². The van der Waals surface area contributed by atoms with E-state index in [2.05, 4.69) is 33.9 Å². The zero-order valence-corrected chi connectivity index (χ0v) is 16.9. The first kappa shape index (κ1) is 18.1. The summed E-state index contributed by atoms with van der Waals surface area (Å²) in [6.07, 6.45) is 2.62. The van der Waals surface area contributed by atoms with Gasteiger partial charge in [0.2, 0.25) is 5.90 Å². The molecule has 0 saturated carbocycles. The third-order valence-corrected chi connectivity index (χ3v) is 10.1. The highest BCUT2D eigenvalue weighted by Gasteiger charge is 2.56. The standard InChI is InChI=1S/C20H27NO3Si/c1-14-20(21-18(23-14)15-10-8-7-9-11-15)13-12-16(22)17(20)24-25(5,6)19(2,3)4/h7-14,17H,1-6H3/t14-,17-,20+/m0/s1. The summed E-state index contributed by atoms with van der Waals surface area (Å²) in [5, 5.41) is 0.0196. The fourth-order valence-electron chi connectivity index (χ4n) is 2.96. The van der Waals surface area contributed by atoms with Gasteiger partial charge in [0.25, 0.3) is 0 Å². The quantitative estimate of drug-likeness (QED) is 0.765. The van der Waals surface area contributed by atoms with E-state index in [-0.39, 0.29) is 16.9 Å². The van der Waals surface area contributed by atoms with Crippen molar-refractivity contribution in [3.05, 3.63) is 48.0 Å². The van der Waals surface area contributed by atoms with E-state index in [1.807, 2.05) is 43.3 Å². The molecule has 0 bridgehead atoms. The van der Waals surface area contributed by atoms with Crippen LogP contribution in [0.1, 0.15) is 33.3 Å². The molecule has 2 aliphatic rings. The number of rotatable bonds is 3. The lowest BCUT2D eigenvalue weighted by Crippen LogP contribution is -2.54. The Morgan fingerprint density at radius 1 is 1.20 bits per heavy atom. The van der Waals surface area contributed by atoms with Gasteiger partial charge in [-0.15, -0.1) is 0 Å². The van der Waals surface area contributed by atoms with Gasteiger partial charge in [-0.2, -0.15) is 0 Å². The van der Waals surface area contributed by atoms with Gasteiger partial charge in [-0.25, -0.2) is 4.99 Å². The molecule has 3 rings (SSSR count). The lowest BCUT2D eigenvalue weighted by atomic mass is 9.91. The van der Waals surface area contributed by atoms with Crippen molar-refractivity contribution in [3.63, 3.8) is 0 Å². The van der Waals surface area contributed by atoms with Crippen LogP contribution < -0.4 is 0 Å². The third-order valence-electron chi connectivity index (χ3n) is 5.67. The van der Waals surface area contributed by atoms with Crippen molar-refractivity contribution in [1.29, 1.82) is 0 Å². The van der Waals surface area contributed by atoms with E-state index >= 15 is 0 Å². The summed E-state index contributed by atoms with van der Waals surface area (Å²) in [4.78, 5) is 17.5. The first-order chi connectivity index (χ1) is 11.6. The van der Waals surface area contributed by atoms with Gasteiger partial charge in [0, 0.05) is 5.56 Å². The molecule has 0 amide bonds. The van der Waals surface area contributed by atoms with Crippen LogP contribution >= 0.6 is 0 Å². The summed E-state index contributed by atoms with van der Waals surface area (Å²) >= 11 is 0. The van der Waals surface area contributed by atoms with Crippen molar-refractivity contribution in [2.75, 3.05) is 0 Å². The van der Waals surface area contributed by atoms with Crippen LogP contribution in [-0.2, 0) is 14.0 Å². The number of carbonyl (C=O) groups is 1. The first-order valence-electron chi connectivity index (χ1n) is 8.80. The van der Waals surface area contributed by atoms with Gasteiger partial charge in [-0.3, -0.25) is 4.79 Å². The highest BCUT2D eigenvalue weighted by molar-refractivity contribution is 6.74. The Morgan fingerprint density at radius 2 is 1.84 bits per heavy atom. The maximum absolute atomic E-state index is 12.6. The Morgan fingerprint density at radius 3 is 2.44 bits per heavy atom. The van der Waals surface area contributed by atoms with Gasteiger partial charge < -0.3 is 9.16 Å². The van der Waals surface area contributed by atoms with Crippen molar-refractivity contribution >= 4 is 20.0 Å². The largest absolute Gasteiger partial charge is 0.471 e. The lowest BCUT2D eigenvalue weighted by Gasteiger charge is -2.41. The minimum Gasteiger partial charge on any atom is -0.471 e. The van der Waals surface area contributed by atoms with E-state index in [4.69, 9.17) is 14.2 Å². The Balaban J connectivity index is 1.97. The molecule has 1 aliphatic heterocycles. The molecule has 134 valence electrons. The highest BCUT2D eigenvalue weighted by atomic mass is 28.4. The molecule has 0 aromatic heterocycles. The molecule has 1 heterocycles.